The summed E-state index contributed by atoms with van der Waals surface area (Å²) in [4.78, 5) is 24.0. The number of carbonyl (C=O) groups is 2. The van der Waals surface area contributed by atoms with Gasteiger partial charge in [-0.15, -0.1) is 0 Å². The first-order chi connectivity index (χ1) is 14.9. The van der Waals surface area contributed by atoms with E-state index in [1.807, 2.05) is 0 Å². The highest BCUT2D eigenvalue weighted by Crippen LogP contribution is 2.47. The van der Waals surface area contributed by atoms with Gasteiger partial charge in [0.05, 0.1) is 4.90 Å². The molecule has 1 heterocycles. The number of amides is 2. The molecule has 0 bridgehead atoms. The SMILES string of the molecule is C=CC(=O)NC1C2CN(S(=O)(=O)c3ccc(C(=O)NCCC4CCCCC4)cc3)CC21. The van der Waals surface area contributed by atoms with E-state index in [1.165, 1.54) is 54.6 Å². The minimum Gasteiger partial charge on any atom is -0.352 e. The average molecular weight is 446 g/mol. The molecular weight excluding hydrogens is 414 g/mol. The Labute approximate surface area is 184 Å². The first kappa shape index (κ1) is 22.0. The molecule has 4 rings (SSSR count). The lowest BCUT2D eigenvalue weighted by Crippen LogP contribution is -2.37. The fourth-order valence-electron chi connectivity index (χ4n) is 5.02. The lowest BCUT2D eigenvalue weighted by molar-refractivity contribution is -0.116. The summed E-state index contributed by atoms with van der Waals surface area (Å²) >= 11 is 0. The zero-order valence-electron chi connectivity index (χ0n) is 17.8. The number of hydrogen-bond acceptors (Lipinski definition) is 4. The van der Waals surface area contributed by atoms with Crippen molar-refractivity contribution >= 4 is 21.8 Å². The highest BCUT2D eigenvalue weighted by molar-refractivity contribution is 7.89. The fraction of sp³-hybridized carbons (Fsp3) is 0.565. The summed E-state index contributed by atoms with van der Waals surface area (Å²) in [5.41, 5.74) is 0.471. The van der Waals surface area contributed by atoms with Crippen molar-refractivity contribution < 1.29 is 18.0 Å². The van der Waals surface area contributed by atoms with Crippen molar-refractivity contribution in [3.63, 3.8) is 0 Å². The van der Waals surface area contributed by atoms with Crippen molar-refractivity contribution in [1.29, 1.82) is 0 Å². The van der Waals surface area contributed by atoms with Gasteiger partial charge in [-0.05, 0) is 54.5 Å². The topological polar surface area (TPSA) is 95.6 Å². The van der Waals surface area contributed by atoms with Gasteiger partial charge in [0.2, 0.25) is 15.9 Å². The molecule has 2 aliphatic carbocycles. The van der Waals surface area contributed by atoms with Crippen molar-refractivity contribution in [2.45, 2.75) is 49.5 Å². The summed E-state index contributed by atoms with van der Waals surface area (Å²) in [6.45, 7) is 4.90. The van der Waals surface area contributed by atoms with E-state index in [1.54, 1.807) is 12.1 Å². The number of hydrogen-bond donors (Lipinski definition) is 2. The van der Waals surface area contributed by atoms with Crippen molar-refractivity contribution in [1.82, 2.24) is 14.9 Å². The highest BCUT2D eigenvalue weighted by atomic mass is 32.2. The fourth-order valence-corrected chi connectivity index (χ4v) is 6.53. The van der Waals surface area contributed by atoms with Gasteiger partial charge in [-0.2, -0.15) is 4.31 Å². The van der Waals surface area contributed by atoms with Crippen molar-refractivity contribution in [2.75, 3.05) is 19.6 Å². The van der Waals surface area contributed by atoms with Gasteiger partial charge in [0.15, 0.2) is 0 Å². The van der Waals surface area contributed by atoms with Crippen molar-refractivity contribution in [3.8, 4) is 0 Å². The van der Waals surface area contributed by atoms with Crippen molar-refractivity contribution in [3.05, 3.63) is 42.5 Å². The third-order valence-electron chi connectivity index (χ3n) is 6.97. The number of piperidine rings is 1. The molecule has 3 aliphatic rings. The number of benzene rings is 1. The summed E-state index contributed by atoms with van der Waals surface area (Å²) in [6, 6.07) is 6.20. The van der Waals surface area contributed by atoms with Crippen LogP contribution in [0.15, 0.2) is 41.8 Å². The monoisotopic (exact) mass is 445 g/mol. The standard InChI is InChI=1S/C23H31N3O4S/c1-2-21(27)25-22-19-14-26(15-20(19)22)31(29,30)18-10-8-17(9-11-18)23(28)24-13-12-16-6-4-3-5-7-16/h2,8-11,16,19-20,22H,1,3-7,12-15H2,(H,24,28)(H,25,27). The van der Waals surface area contributed by atoms with Crippen LogP contribution in [0.4, 0.5) is 0 Å². The lowest BCUT2D eigenvalue weighted by Gasteiger charge is -2.21. The van der Waals surface area contributed by atoms with Crippen LogP contribution in [0.25, 0.3) is 0 Å². The third kappa shape index (κ3) is 4.85. The van der Waals surface area contributed by atoms with E-state index in [9.17, 15) is 18.0 Å². The van der Waals surface area contributed by atoms with Gasteiger partial charge >= 0.3 is 0 Å². The summed E-state index contributed by atoms with van der Waals surface area (Å²) in [7, 11) is -3.60. The van der Waals surface area contributed by atoms with Crippen LogP contribution in [-0.4, -0.2) is 50.2 Å². The molecule has 1 saturated heterocycles. The highest BCUT2D eigenvalue weighted by Gasteiger charge is 2.58. The van der Waals surface area contributed by atoms with E-state index < -0.39 is 10.0 Å². The molecule has 0 radical (unpaired) electrons. The van der Waals surface area contributed by atoms with Gasteiger partial charge in [-0.3, -0.25) is 9.59 Å². The van der Waals surface area contributed by atoms with Crippen molar-refractivity contribution in [2.24, 2.45) is 17.8 Å². The Morgan fingerprint density at radius 2 is 1.71 bits per heavy atom. The maximum Gasteiger partial charge on any atom is 0.251 e. The molecule has 1 aliphatic heterocycles. The van der Waals surface area contributed by atoms with Crippen LogP contribution in [0, 0.1) is 17.8 Å². The molecule has 2 N–H and O–H groups in total. The number of nitrogens with zero attached hydrogens (tertiary/aromatic N) is 1. The Morgan fingerprint density at radius 3 is 2.32 bits per heavy atom. The first-order valence-corrected chi connectivity index (χ1v) is 12.7. The molecule has 2 saturated carbocycles. The number of carbonyl (C=O) groups excluding carboxylic acids is 2. The number of rotatable bonds is 8. The molecule has 2 unspecified atom stereocenters. The Hall–Kier alpha value is -2.19. The Morgan fingerprint density at radius 1 is 1.06 bits per heavy atom. The average Bonchev–Trinajstić information content (AvgIpc) is 3.20. The largest absolute Gasteiger partial charge is 0.352 e. The van der Waals surface area contributed by atoms with Gasteiger partial charge in [0.1, 0.15) is 0 Å². The molecule has 3 fully saturated rings. The molecular formula is C23H31N3O4S. The van der Waals surface area contributed by atoms with E-state index in [0.29, 0.717) is 31.1 Å². The van der Waals surface area contributed by atoms with Crippen LogP contribution in [0.3, 0.4) is 0 Å². The van der Waals surface area contributed by atoms with Crippen LogP contribution in [0.1, 0.15) is 48.9 Å². The maximum atomic E-state index is 12.9. The summed E-state index contributed by atoms with van der Waals surface area (Å²) in [5, 5.41) is 5.81. The van der Waals surface area contributed by atoms with Gasteiger partial charge in [0, 0.05) is 31.2 Å². The van der Waals surface area contributed by atoms with Gasteiger partial charge < -0.3 is 10.6 Å². The number of fused-ring (bicyclic) bond motifs is 1. The van der Waals surface area contributed by atoms with E-state index in [4.69, 9.17) is 0 Å². The van der Waals surface area contributed by atoms with Gasteiger partial charge in [-0.25, -0.2) is 8.42 Å². The normalized spacial score (nSPS) is 26.1. The summed E-state index contributed by atoms with van der Waals surface area (Å²) < 4.78 is 27.3. The molecule has 2 amide bonds. The second-order valence-corrected chi connectivity index (χ2v) is 10.9. The van der Waals surface area contributed by atoms with E-state index in [-0.39, 0.29) is 34.6 Å². The molecule has 2 atom stereocenters. The number of sulfonamides is 1. The zero-order chi connectivity index (χ0) is 22.0. The second kappa shape index (κ2) is 9.12. The Balaban J connectivity index is 1.28. The maximum absolute atomic E-state index is 12.9. The van der Waals surface area contributed by atoms with Gasteiger partial charge in [-0.1, -0.05) is 38.7 Å². The lowest BCUT2D eigenvalue weighted by atomic mass is 9.87. The third-order valence-corrected chi connectivity index (χ3v) is 8.82. The summed E-state index contributed by atoms with van der Waals surface area (Å²) in [5.74, 6) is 0.642. The Kier molecular flexibility index (Phi) is 6.48. The van der Waals surface area contributed by atoms with Crippen LogP contribution < -0.4 is 10.6 Å². The quantitative estimate of drug-likeness (QED) is 0.600. The van der Waals surface area contributed by atoms with Gasteiger partial charge in [0.25, 0.3) is 5.91 Å². The molecule has 7 nitrogen and oxygen atoms in total. The minimum atomic E-state index is -3.60. The molecule has 0 spiro atoms. The minimum absolute atomic E-state index is 0.0385. The van der Waals surface area contributed by atoms with E-state index in [0.717, 1.165) is 6.42 Å². The molecule has 168 valence electrons. The Bertz CT molecular complexity index is 926. The molecule has 1 aromatic carbocycles. The van der Waals surface area contributed by atoms with E-state index in [2.05, 4.69) is 17.2 Å². The first-order valence-electron chi connectivity index (χ1n) is 11.2. The predicted octanol–water partition coefficient (Wildman–Crippen LogP) is 2.31. The van der Waals surface area contributed by atoms with Crippen LogP contribution in [-0.2, 0) is 14.8 Å². The second-order valence-electron chi connectivity index (χ2n) is 8.96. The molecule has 8 heteroatoms. The molecule has 0 aromatic heterocycles. The molecule has 1 aromatic rings. The van der Waals surface area contributed by atoms with Crippen LogP contribution in [0.2, 0.25) is 0 Å². The van der Waals surface area contributed by atoms with Crippen LogP contribution >= 0.6 is 0 Å². The zero-order valence-corrected chi connectivity index (χ0v) is 18.6. The number of nitrogens with one attached hydrogen (secondary N) is 2. The summed E-state index contributed by atoms with van der Waals surface area (Å²) in [6.07, 6.45) is 8.64. The van der Waals surface area contributed by atoms with E-state index >= 15 is 0 Å². The smallest absolute Gasteiger partial charge is 0.251 e. The van der Waals surface area contributed by atoms with Crippen LogP contribution in [0.5, 0.6) is 0 Å². The molecule has 31 heavy (non-hydrogen) atoms. The predicted molar refractivity (Wildman–Crippen MR) is 118 cm³/mol.